The summed E-state index contributed by atoms with van der Waals surface area (Å²) in [7, 11) is 0. The van der Waals surface area contributed by atoms with Crippen LogP contribution >= 0.6 is 0 Å². The van der Waals surface area contributed by atoms with Gasteiger partial charge in [0.05, 0.1) is 4.92 Å². The standard InChI is InChI=1S/C10H8N2O2/c1-7-4-9-5-10(12(13)14)3-2-8(9)6-11-7/h2-6H,1H3. The van der Waals surface area contributed by atoms with E-state index in [9.17, 15) is 10.1 Å². The molecule has 0 atom stereocenters. The highest BCUT2D eigenvalue weighted by Gasteiger charge is 2.05. The van der Waals surface area contributed by atoms with Gasteiger partial charge in [0.2, 0.25) is 0 Å². The van der Waals surface area contributed by atoms with E-state index in [-0.39, 0.29) is 5.69 Å². The van der Waals surface area contributed by atoms with Crippen LogP contribution < -0.4 is 0 Å². The Morgan fingerprint density at radius 2 is 2.07 bits per heavy atom. The Kier molecular flexibility index (Phi) is 1.89. The second kappa shape index (κ2) is 3.06. The highest BCUT2D eigenvalue weighted by molar-refractivity contribution is 5.84. The van der Waals surface area contributed by atoms with Gasteiger partial charge in [-0.25, -0.2) is 0 Å². The van der Waals surface area contributed by atoms with Crippen LogP contribution in [0.15, 0.2) is 30.5 Å². The maximum absolute atomic E-state index is 10.5. The molecule has 0 aliphatic rings. The van der Waals surface area contributed by atoms with Crippen LogP contribution in [0.2, 0.25) is 0 Å². The number of hydrogen-bond donors (Lipinski definition) is 0. The zero-order chi connectivity index (χ0) is 10.1. The molecular formula is C10H8N2O2. The zero-order valence-corrected chi connectivity index (χ0v) is 7.60. The predicted octanol–water partition coefficient (Wildman–Crippen LogP) is 2.45. The summed E-state index contributed by atoms with van der Waals surface area (Å²) in [4.78, 5) is 14.2. The number of pyridine rings is 1. The van der Waals surface area contributed by atoms with Gasteiger partial charge in [0.1, 0.15) is 0 Å². The second-order valence-electron chi connectivity index (χ2n) is 3.11. The summed E-state index contributed by atoms with van der Waals surface area (Å²) in [6.45, 7) is 1.86. The van der Waals surface area contributed by atoms with Gasteiger partial charge in [0, 0.05) is 29.4 Å². The Balaban J connectivity index is 2.69. The van der Waals surface area contributed by atoms with Crippen molar-refractivity contribution in [3.8, 4) is 0 Å². The van der Waals surface area contributed by atoms with Gasteiger partial charge in [0.25, 0.3) is 5.69 Å². The molecule has 0 N–H and O–H groups in total. The molecule has 4 heteroatoms. The van der Waals surface area contributed by atoms with Gasteiger partial charge in [-0.3, -0.25) is 15.1 Å². The fraction of sp³-hybridized carbons (Fsp3) is 0.100. The van der Waals surface area contributed by atoms with Gasteiger partial charge in [-0.1, -0.05) is 0 Å². The van der Waals surface area contributed by atoms with E-state index in [0.29, 0.717) is 0 Å². The van der Waals surface area contributed by atoms with Crippen LogP contribution in [0.4, 0.5) is 5.69 Å². The van der Waals surface area contributed by atoms with Crippen molar-refractivity contribution in [2.45, 2.75) is 6.92 Å². The summed E-state index contributed by atoms with van der Waals surface area (Å²) in [6.07, 6.45) is 1.72. The largest absolute Gasteiger partial charge is 0.270 e. The summed E-state index contributed by atoms with van der Waals surface area (Å²) in [5.41, 5.74) is 0.973. The first-order valence-corrected chi connectivity index (χ1v) is 4.17. The van der Waals surface area contributed by atoms with Gasteiger partial charge in [-0.15, -0.1) is 0 Å². The van der Waals surface area contributed by atoms with Crippen molar-refractivity contribution >= 4 is 16.5 Å². The van der Waals surface area contributed by atoms with Crippen molar-refractivity contribution in [3.05, 3.63) is 46.3 Å². The minimum atomic E-state index is -0.394. The summed E-state index contributed by atoms with van der Waals surface area (Å²) >= 11 is 0. The van der Waals surface area contributed by atoms with Crippen molar-refractivity contribution in [1.29, 1.82) is 0 Å². The van der Waals surface area contributed by atoms with E-state index in [4.69, 9.17) is 0 Å². The molecule has 2 aromatic rings. The molecule has 0 radical (unpaired) electrons. The molecule has 0 bridgehead atoms. The first kappa shape index (κ1) is 8.62. The molecular weight excluding hydrogens is 180 g/mol. The first-order chi connectivity index (χ1) is 6.66. The van der Waals surface area contributed by atoms with E-state index in [1.807, 2.05) is 13.0 Å². The van der Waals surface area contributed by atoms with Crippen LogP contribution in [-0.4, -0.2) is 9.91 Å². The monoisotopic (exact) mass is 188 g/mol. The fourth-order valence-corrected chi connectivity index (χ4v) is 1.35. The van der Waals surface area contributed by atoms with Gasteiger partial charge >= 0.3 is 0 Å². The Bertz CT molecular complexity index is 508. The number of nitro groups is 1. The molecule has 14 heavy (non-hydrogen) atoms. The number of aryl methyl sites for hydroxylation is 1. The number of nitrogens with zero attached hydrogens (tertiary/aromatic N) is 2. The minimum Gasteiger partial charge on any atom is -0.261 e. The van der Waals surface area contributed by atoms with Crippen LogP contribution in [0.1, 0.15) is 5.69 Å². The summed E-state index contributed by atoms with van der Waals surface area (Å²) in [6, 6.07) is 6.59. The van der Waals surface area contributed by atoms with E-state index >= 15 is 0 Å². The average Bonchev–Trinajstić information content (AvgIpc) is 2.16. The van der Waals surface area contributed by atoms with Crippen molar-refractivity contribution < 1.29 is 4.92 Å². The number of non-ortho nitro benzene ring substituents is 1. The lowest BCUT2D eigenvalue weighted by Gasteiger charge is -1.98. The maximum Gasteiger partial charge on any atom is 0.270 e. The van der Waals surface area contributed by atoms with E-state index in [2.05, 4.69) is 4.98 Å². The number of hydrogen-bond acceptors (Lipinski definition) is 3. The lowest BCUT2D eigenvalue weighted by atomic mass is 10.1. The second-order valence-corrected chi connectivity index (χ2v) is 3.11. The molecule has 0 aliphatic carbocycles. The SMILES string of the molecule is Cc1cc2cc([N+](=O)[O-])ccc2cn1. The fourth-order valence-electron chi connectivity index (χ4n) is 1.35. The van der Waals surface area contributed by atoms with Gasteiger partial charge in [0.15, 0.2) is 0 Å². The topological polar surface area (TPSA) is 56.0 Å². The van der Waals surface area contributed by atoms with E-state index in [1.54, 1.807) is 18.3 Å². The molecule has 1 aromatic carbocycles. The Morgan fingerprint density at radius 3 is 2.79 bits per heavy atom. The Morgan fingerprint density at radius 1 is 1.29 bits per heavy atom. The zero-order valence-electron chi connectivity index (χ0n) is 7.60. The van der Waals surface area contributed by atoms with E-state index in [0.717, 1.165) is 16.5 Å². The Hall–Kier alpha value is -1.97. The smallest absolute Gasteiger partial charge is 0.261 e. The lowest BCUT2D eigenvalue weighted by Crippen LogP contribution is -1.88. The van der Waals surface area contributed by atoms with Gasteiger partial charge in [-0.2, -0.15) is 0 Å². The van der Waals surface area contributed by atoms with Gasteiger partial charge < -0.3 is 0 Å². The van der Waals surface area contributed by atoms with Gasteiger partial charge in [-0.05, 0) is 24.4 Å². The summed E-state index contributed by atoms with van der Waals surface area (Å²) in [5.74, 6) is 0. The van der Waals surface area contributed by atoms with Crippen LogP contribution in [0.3, 0.4) is 0 Å². The number of aromatic nitrogens is 1. The Labute approximate surface area is 80.4 Å². The molecule has 0 spiro atoms. The number of nitro benzene ring substituents is 1. The lowest BCUT2D eigenvalue weighted by molar-refractivity contribution is -0.384. The van der Waals surface area contributed by atoms with E-state index < -0.39 is 4.92 Å². The molecule has 0 aliphatic heterocycles. The van der Waals surface area contributed by atoms with Crippen LogP contribution in [0.25, 0.3) is 10.8 Å². The van der Waals surface area contributed by atoms with Crippen molar-refractivity contribution in [1.82, 2.24) is 4.98 Å². The van der Waals surface area contributed by atoms with Crippen molar-refractivity contribution in [2.75, 3.05) is 0 Å². The first-order valence-electron chi connectivity index (χ1n) is 4.17. The minimum absolute atomic E-state index is 0.114. The molecule has 0 saturated carbocycles. The van der Waals surface area contributed by atoms with E-state index in [1.165, 1.54) is 6.07 Å². The molecule has 0 fully saturated rings. The van der Waals surface area contributed by atoms with Crippen LogP contribution in [0.5, 0.6) is 0 Å². The molecule has 0 amide bonds. The quantitative estimate of drug-likeness (QED) is 0.510. The predicted molar refractivity (Wildman–Crippen MR) is 53.1 cm³/mol. The molecule has 4 nitrogen and oxygen atoms in total. The number of fused-ring (bicyclic) bond motifs is 1. The molecule has 0 unspecified atom stereocenters. The molecule has 1 heterocycles. The number of benzene rings is 1. The summed E-state index contributed by atoms with van der Waals surface area (Å²) in [5, 5.41) is 12.3. The third-order valence-corrected chi connectivity index (χ3v) is 2.05. The summed E-state index contributed by atoms with van der Waals surface area (Å²) < 4.78 is 0. The van der Waals surface area contributed by atoms with Crippen molar-refractivity contribution in [3.63, 3.8) is 0 Å². The average molecular weight is 188 g/mol. The van der Waals surface area contributed by atoms with Crippen LogP contribution in [0, 0.1) is 17.0 Å². The highest BCUT2D eigenvalue weighted by atomic mass is 16.6. The molecule has 1 aromatic heterocycles. The molecule has 70 valence electrons. The molecule has 2 rings (SSSR count). The molecule has 0 saturated heterocycles. The van der Waals surface area contributed by atoms with Crippen molar-refractivity contribution in [2.24, 2.45) is 0 Å². The maximum atomic E-state index is 10.5. The highest BCUT2D eigenvalue weighted by Crippen LogP contribution is 2.20. The number of rotatable bonds is 1. The van der Waals surface area contributed by atoms with Crippen LogP contribution in [-0.2, 0) is 0 Å². The normalized spacial score (nSPS) is 10.4. The third-order valence-electron chi connectivity index (χ3n) is 2.05. The third kappa shape index (κ3) is 1.42.